The van der Waals surface area contributed by atoms with E-state index in [1.807, 2.05) is 11.3 Å². The Hall–Kier alpha value is -6.36. The number of aromatic nitrogens is 3. The van der Waals surface area contributed by atoms with Gasteiger partial charge in [-0.3, -0.25) is 4.57 Å². The molecule has 0 N–H and O–H groups in total. The van der Waals surface area contributed by atoms with E-state index in [-0.39, 0.29) is 0 Å². The van der Waals surface area contributed by atoms with Crippen LogP contribution in [0.5, 0.6) is 0 Å². The molecule has 4 heteroatoms. The van der Waals surface area contributed by atoms with Crippen molar-refractivity contribution in [3.8, 4) is 28.3 Å². The van der Waals surface area contributed by atoms with Gasteiger partial charge in [0.25, 0.3) is 0 Å². The SMILES string of the molecule is c1ccc2cc(-c3ccc4c(c3)c3cc5ccccc5cc3n4-c3nc(-c4ccc5sc6ccccc6c5c4)nc4ccccc34)ccc2c1. The first-order valence-electron chi connectivity index (χ1n) is 16.9. The number of hydrogen-bond donors (Lipinski definition) is 0. The Morgan fingerprint density at radius 1 is 0.380 bits per heavy atom. The Bertz CT molecular complexity index is 3170. The van der Waals surface area contributed by atoms with Crippen molar-refractivity contribution in [2.75, 3.05) is 0 Å². The molecule has 0 atom stereocenters. The second kappa shape index (κ2) is 10.6. The highest BCUT2D eigenvalue weighted by molar-refractivity contribution is 7.25. The fourth-order valence-electron chi connectivity index (χ4n) is 7.71. The summed E-state index contributed by atoms with van der Waals surface area (Å²) in [6.07, 6.45) is 0. The Morgan fingerprint density at radius 3 is 1.88 bits per heavy atom. The lowest BCUT2D eigenvalue weighted by Gasteiger charge is -2.13. The summed E-state index contributed by atoms with van der Waals surface area (Å²) in [5.74, 6) is 1.61. The molecule has 0 fully saturated rings. The normalized spacial score (nSPS) is 12.0. The van der Waals surface area contributed by atoms with Gasteiger partial charge in [-0.05, 0) is 99.4 Å². The minimum Gasteiger partial charge on any atom is -0.293 e. The van der Waals surface area contributed by atoms with Gasteiger partial charge in [0.05, 0.1) is 16.6 Å². The fraction of sp³-hybridized carbons (Fsp3) is 0. The predicted molar refractivity (Wildman–Crippen MR) is 213 cm³/mol. The van der Waals surface area contributed by atoms with Crippen LogP contribution in [0.3, 0.4) is 0 Å². The zero-order chi connectivity index (χ0) is 32.8. The number of hydrogen-bond acceptors (Lipinski definition) is 3. The average molecular weight is 654 g/mol. The molecule has 0 saturated heterocycles. The number of rotatable bonds is 3. The highest BCUT2D eigenvalue weighted by atomic mass is 32.1. The van der Waals surface area contributed by atoms with E-state index in [1.165, 1.54) is 63.6 Å². The van der Waals surface area contributed by atoms with E-state index in [9.17, 15) is 0 Å². The molecule has 11 rings (SSSR count). The lowest BCUT2D eigenvalue weighted by Crippen LogP contribution is -2.02. The number of para-hydroxylation sites is 1. The third-order valence-corrected chi connectivity index (χ3v) is 11.3. The van der Waals surface area contributed by atoms with Gasteiger partial charge in [0.2, 0.25) is 0 Å². The van der Waals surface area contributed by atoms with Crippen molar-refractivity contribution in [2.45, 2.75) is 0 Å². The van der Waals surface area contributed by atoms with Gasteiger partial charge < -0.3 is 0 Å². The number of nitrogens with zero attached hydrogens (tertiary/aromatic N) is 3. The summed E-state index contributed by atoms with van der Waals surface area (Å²) >= 11 is 1.83. The van der Waals surface area contributed by atoms with Gasteiger partial charge in [-0.15, -0.1) is 11.3 Å². The first-order chi connectivity index (χ1) is 24.7. The number of thiophene rings is 1. The van der Waals surface area contributed by atoms with Crippen LogP contribution in [0.2, 0.25) is 0 Å². The summed E-state index contributed by atoms with van der Waals surface area (Å²) in [6, 6.07) is 59.1. The Balaban J connectivity index is 1.20. The second-order valence-corrected chi connectivity index (χ2v) is 14.1. The zero-order valence-electron chi connectivity index (χ0n) is 26.8. The highest BCUT2D eigenvalue weighted by Gasteiger charge is 2.19. The topological polar surface area (TPSA) is 30.7 Å². The molecule has 3 aromatic heterocycles. The van der Waals surface area contributed by atoms with Crippen LogP contribution in [0, 0.1) is 0 Å². The van der Waals surface area contributed by atoms with Gasteiger partial charge in [-0.25, -0.2) is 9.97 Å². The first kappa shape index (κ1) is 27.6. The molecular formula is C46H27N3S. The van der Waals surface area contributed by atoms with Gasteiger partial charge in [0.1, 0.15) is 5.82 Å². The third-order valence-electron chi connectivity index (χ3n) is 10.1. The molecule has 0 unspecified atom stereocenters. The monoisotopic (exact) mass is 653 g/mol. The van der Waals surface area contributed by atoms with Crippen molar-refractivity contribution < 1.29 is 0 Å². The summed E-state index contributed by atoms with van der Waals surface area (Å²) in [5.41, 5.74) is 6.58. The third kappa shape index (κ3) is 4.16. The van der Waals surface area contributed by atoms with Crippen molar-refractivity contribution in [2.24, 2.45) is 0 Å². The predicted octanol–water partition coefficient (Wildman–Crippen LogP) is 12.7. The molecule has 8 aromatic carbocycles. The van der Waals surface area contributed by atoms with Crippen LogP contribution < -0.4 is 0 Å². The number of benzene rings is 8. The van der Waals surface area contributed by atoms with Crippen LogP contribution in [0.1, 0.15) is 0 Å². The minimum atomic E-state index is 0.722. The van der Waals surface area contributed by atoms with Gasteiger partial charge in [-0.2, -0.15) is 0 Å². The molecular weight excluding hydrogens is 627 g/mol. The van der Waals surface area contributed by atoms with Gasteiger partial charge in [0.15, 0.2) is 5.82 Å². The fourth-order valence-corrected chi connectivity index (χ4v) is 8.79. The van der Waals surface area contributed by atoms with E-state index in [0.717, 1.165) is 39.1 Å². The van der Waals surface area contributed by atoms with Crippen molar-refractivity contribution in [1.82, 2.24) is 14.5 Å². The molecule has 232 valence electrons. The van der Waals surface area contributed by atoms with E-state index >= 15 is 0 Å². The Kier molecular flexibility index (Phi) is 5.83. The largest absolute Gasteiger partial charge is 0.293 e. The molecule has 0 saturated carbocycles. The molecule has 0 radical (unpaired) electrons. The quantitative estimate of drug-likeness (QED) is 0.190. The summed E-state index contributed by atoms with van der Waals surface area (Å²) in [5, 5.41) is 10.8. The van der Waals surface area contributed by atoms with Gasteiger partial charge in [-0.1, -0.05) is 97.1 Å². The molecule has 0 bridgehead atoms. The zero-order valence-corrected chi connectivity index (χ0v) is 27.7. The lowest BCUT2D eigenvalue weighted by molar-refractivity contribution is 1.08. The van der Waals surface area contributed by atoms with Gasteiger partial charge in [0, 0.05) is 41.9 Å². The van der Waals surface area contributed by atoms with E-state index < -0.39 is 0 Å². The average Bonchev–Trinajstić information content (AvgIpc) is 3.70. The molecule has 0 aliphatic carbocycles. The van der Waals surface area contributed by atoms with E-state index in [1.54, 1.807) is 0 Å². The minimum absolute atomic E-state index is 0.722. The smallest absolute Gasteiger partial charge is 0.162 e. The van der Waals surface area contributed by atoms with Crippen molar-refractivity contribution in [1.29, 1.82) is 0 Å². The van der Waals surface area contributed by atoms with Crippen LogP contribution in [-0.4, -0.2) is 14.5 Å². The highest BCUT2D eigenvalue weighted by Crippen LogP contribution is 2.40. The van der Waals surface area contributed by atoms with Crippen molar-refractivity contribution >= 4 is 85.8 Å². The van der Waals surface area contributed by atoms with E-state index in [4.69, 9.17) is 9.97 Å². The summed E-state index contributed by atoms with van der Waals surface area (Å²) in [7, 11) is 0. The molecule has 11 aromatic rings. The molecule has 0 amide bonds. The lowest BCUT2D eigenvalue weighted by atomic mass is 9.99. The molecule has 0 spiro atoms. The standard InChI is InChI=1S/C46H27N3S/c1-2-10-29-23-32(18-17-28(29)9-1)33-19-21-41-37(25-33)38-24-30-11-3-4-12-31(30)27-42(38)49(41)46-36-14-5-7-15-40(36)47-45(48-46)34-20-22-44-39(26-34)35-13-6-8-16-43(35)50-44/h1-27H. The maximum absolute atomic E-state index is 5.44. The van der Waals surface area contributed by atoms with Gasteiger partial charge >= 0.3 is 0 Å². The van der Waals surface area contributed by atoms with E-state index in [2.05, 4.69) is 168 Å². The number of fused-ring (bicyclic) bond motifs is 9. The summed E-state index contributed by atoms with van der Waals surface area (Å²) in [4.78, 5) is 10.6. The first-order valence-corrected chi connectivity index (χ1v) is 17.7. The maximum atomic E-state index is 5.44. The summed E-state index contributed by atoms with van der Waals surface area (Å²) < 4.78 is 4.92. The van der Waals surface area contributed by atoms with E-state index in [0.29, 0.717) is 0 Å². The molecule has 3 heterocycles. The van der Waals surface area contributed by atoms with Crippen molar-refractivity contribution in [3.63, 3.8) is 0 Å². The Labute approximate surface area is 291 Å². The second-order valence-electron chi connectivity index (χ2n) is 13.0. The van der Waals surface area contributed by atoms with Crippen LogP contribution >= 0.6 is 11.3 Å². The molecule has 50 heavy (non-hydrogen) atoms. The molecule has 0 aliphatic heterocycles. The molecule has 3 nitrogen and oxygen atoms in total. The van der Waals surface area contributed by atoms with Crippen molar-refractivity contribution in [3.05, 3.63) is 164 Å². The van der Waals surface area contributed by atoms with Crippen LogP contribution in [0.4, 0.5) is 0 Å². The van der Waals surface area contributed by atoms with Crippen LogP contribution in [-0.2, 0) is 0 Å². The summed E-state index contributed by atoms with van der Waals surface area (Å²) in [6.45, 7) is 0. The van der Waals surface area contributed by atoms with Crippen LogP contribution in [0.15, 0.2) is 164 Å². The Morgan fingerprint density at radius 2 is 1.00 bits per heavy atom. The maximum Gasteiger partial charge on any atom is 0.162 e. The molecule has 0 aliphatic rings. The van der Waals surface area contributed by atoms with Crippen LogP contribution in [0.25, 0.3) is 103 Å².